The monoisotopic (exact) mass is 162 g/mol. The first-order valence-corrected chi connectivity index (χ1v) is 3.99. The van der Waals surface area contributed by atoms with E-state index >= 15 is 0 Å². The summed E-state index contributed by atoms with van der Waals surface area (Å²) in [5, 5.41) is 0. The van der Waals surface area contributed by atoms with Crippen LogP contribution in [0.25, 0.3) is 0 Å². The van der Waals surface area contributed by atoms with E-state index in [2.05, 4.69) is 11.8 Å². The molecular formula is C11H11F. The minimum Gasteiger partial charge on any atom is -0.207 e. The van der Waals surface area contributed by atoms with Gasteiger partial charge in [-0.25, -0.2) is 4.39 Å². The number of benzene rings is 1. The summed E-state index contributed by atoms with van der Waals surface area (Å²) in [5.41, 5.74) is 1.81. The molecule has 1 aromatic carbocycles. The van der Waals surface area contributed by atoms with Gasteiger partial charge in [-0.15, -0.1) is 0 Å². The molecule has 1 aromatic rings. The molecule has 0 aliphatic carbocycles. The van der Waals surface area contributed by atoms with Gasteiger partial charge in [-0.05, 0) is 24.6 Å². The van der Waals surface area contributed by atoms with Crippen LogP contribution < -0.4 is 0 Å². The van der Waals surface area contributed by atoms with Gasteiger partial charge in [0.2, 0.25) is 0 Å². The molecule has 0 atom stereocenters. The molecule has 0 saturated carbocycles. The number of halogens is 1. The van der Waals surface area contributed by atoms with Crippen molar-refractivity contribution in [3.8, 4) is 11.8 Å². The molecule has 0 aliphatic heterocycles. The number of aryl methyl sites for hydroxylation is 1. The fourth-order valence-electron chi connectivity index (χ4n) is 0.913. The van der Waals surface area contributed by atoms with Crippen molar-refractivity contribution < 1.29 is 4.39 Å². The van der Waals surface area contributed by atoms with E-state index in [1.165, 1.54) is 12.1 Å². The van der Waals surface area contributed by atoms with E-state index in [-0.39, 0.29) is 5.82 Å². The topological polar surface area (TPSA) is 0 Å². The molecule has 12 heavy (non-hydrogen) atoms. The molecular weight excluding hydrogens is 151 g/mol. The minimum absolute atomic E-state index is 0.221. The van der Waals surface area contributed by atoms with Gasteiger partial charge in [-0.3, -0.25) is 0 Å². The molecule has 0 bridgehead atoms. The molecule has 0 aliphatic rings. The van der Waals surface area contributed by atoms with Crippen LogP contribution in [0.15, 0.2) is 18.2 Å². The zero-order valence-corrected chi connectivity index (χ0v) is 7.32. The highest BCUT2D eigenvalue weighted by atomic mass is 19.1. The molecule has 0 nitrogen and oxygen atoms in total. The number of rotatable bonds is 0. The van der Waals surface area contributed by atoms with Crippen molar-refractivity contribution in [2.75, 3.05) is 0 Å². The first-order chi connectivity index (χ1) is 5.74. The van der Waals surface area contributed by atoms with E-state index in [9.17, 15) is 4.39 Å². The maximum Gasteiger partial charge on any atom is 0.124 e. The van der Waals surface area contributed by atoms with Gasteiger partial charge in [0.15, 0.2) is 0 Å². The summed E-state index contributed by atoms with van der Waals surface area (Å²) in [6.07, 6.45) is 0.802. The van der Waals surface area contributed by atoms with E-state index in [4.69, 9.17) is 0 Å². The lowest BCUT2D eigenvalue weighted by Crippen LogP contribution is -1.83. The first kappa shape index (κ1) is 8.80. The Bertz CT molecular complexity index is 329. The van der Waals surface area contributed by atoms with Crippen LogP contribution in [0.4, 0.5) is 4.39 Å². The lowest BCUT2D eigenvalue weighted by molar-refractivity contribution is 0.627. The molecule has 62 valence electrons. The van der Waals surface area contributed by atoms with Gasteiger partial charge in [0, 0.05) is 12.0 Å². The quantitative estimate of drug-likeness (QED) is 0.514. The molecule has 0 heterocycles. The van der Waals surface area contributed by atoms with E-state index in [1.807, 2.05) is 13.8 Å². The van der Waals surface area contributed by atoms with Gasteiger partial charge >= 0.3 is 0 Å². The Kier molecular flexibility index (Phi) is 2.88. The number of hydrogen-bond donors (Lipinski definition) is 0. The van der Waals surface area contributed by atoms with E-state index in [0.717, 1.165) is 17.5 Å². The summed E-state index contributed by atoms with van der Waals surface area (Å²) >= 11 is 0. The second kappa shape index (κ2) is 3.92. The Hall–Kier alpha value is -1.29. The summed E-state index contributed by atoms with van der Waals surface area (Å²) in [7, 11) is 0. The SMILES string of the molecule is CCC#Cc1cc(F)ccc1C. The van der Waals surface area contributed by atoms with Crippen molar-refractivity contribution in [2.24, 2.45) is 0 Å². The predicted molar refractivity (Wildman–Crippen MR) is 48.3 cm³/mol. The maximum atomic E-state index is 12.7. The third kappa shape index (κ3) is 2.10. The summed E-state index contributed by atoms with van der Waals surface area (Å²) in [5.74, 6) is 5.61. The van der Waals surface area contributed by atoms with Crippen molar-refractivity contribution in [2.45, 2.75) is 20.3 Å². The third-order valence-corrected chi connectivity index (χ3v) is 1.60. The lowest BCUT2D eigenvalue weighted by Gasteiger charge is -1.96. The fourth-order valence-corrected chi connectivity index (χ4v) is 0.913. The highest BCUT2D eigenvalue weighted by Gasteiger charge is 1.95. The highest BCUT2D eigenvalue weighted by molar-refractivity contribution is 5.40. The summed E-state index contributed by atoms with van der Waals surface area (Å²) < 4.78 is 12.7. The van der Waals surface area contributed by atoms with Crippen molar-refractivity contribution in [3.05, 3.63) is 35.1 Å². The van der Waals surface area contributed by atoms with Crippen LogP contribution in [0, 0.1) is 24.6 Å². The lowest BCUT2D eigenvalue weighted by atomic mass is 10.1. The summed E-state index contributed by atoms with van der Waals surface area (Å²) in [4.78, 5) is 0. The molecule has 0 amide bonds. The second-order valence-electron chi connectivity index (χ2n) is 2.61. The second-order valence-corrected chi connectivity index (χ2v) is 2.61. The Morgan fingerprint density at radius 1 is 1.42 bits per heavy atom. The molecule has 0 N–H and O–H groups in total. The Labute approximate surface area is 72.4 Å². The van der Waals surface area contributed by atoms with Crippen molar-refractivity contribution in [3.63, 3.8) is 0 Å². The smallest absolute Gasteiger partial charge is 0.124 e. The minimum atomic E-state index is -0.221. The average molecular weight is 162 g/mol. The molecule has 0 unspecified atom stereocenters. The third-order valence-electron chi connectivity index (χ3n) is 1.60. The van der Waals surface area contributed by atoms with Crippen LogP contribution in [0.2, 0.25) is 0 Å². The Balaban J connectivity index is 3.05. The molecule has 1 rings (SSSR count). The maximum absolute atomic E-state index is 12.7. The molecule has 0 fully saturated rings. The van der Waals surface area contributed by atoms with Crippen molar-refractivity contribution in [1.82, 2.24) is 0 Å². The van der Waals surface area contributed by atoms with Crippen LogP contribution in [-0.4, -0.2) is 0 Å². The number of hydrogen-bond acceptors (Lipinski definition) is 0. The van der Waals surface area contributed by atoms with Gasteiger partial charge in [-0.1, -0.05) is 24.8 Å². The predicted octanol–water partition coefficient (Wildman–Crippen LogP) is 2.90. The van der Waals surface area contributed by atoms with E-state index in [1.54, 1.807) is 6.07 Å². The summed E-state index contributed by atoms with van der Waals surface area (Å²) in [6, 6.07) is 4.67. The normalized spacial score (nSPS) is 8.92. The first-order valence-electron chi connectivity index (χ1n) is 3.99. The van der Waals surface area contributed by atoms with Gasteiger partial charge in [0.25, 0.3) is 0 Å². The van der Waals surface area contributed by atoms with Gasteiger partial charge in [0.1, 0.15) is 5.82 Å². The average Bonchev–Trinajstić information content (AvgIpc) is 2.07. The van der Waals surface area contributed by atoms with Gasteiger partial charge in [0.05, 0.1) is 0 Å². The van der Waals surface area contributed by atoms with Crippen LogP contribution in [0.1, 0.15) is 24.5 Å². The van der Waals surface area contributed by atoms with Gasteiger partial charge < -0.3 is 0 Å². The Morgan fingerprint density at radius 2 is 2.17 bits per heavy atom. The van der Waals surface area contributed by atoms with Crippen LogP contribution in [-0.2, 0) is 0 Å². The molecule has 0 spiro atoms. The zero-order valence-electron chi connectivity index (χ0n) is 7.32. The van der Waals surface area contributed by atoms with Crippen LogP contribution >= 0.6 is 0 Å². The van der Waals surface area contributed by atoms with Gasteiger partial charge in [-0.2, -0.15) is 0 Å². The van der Waals surface area contributed by atoms with Crippen LogP contribution in [0.5, 0.6) is 0 Å². The highest BCUT2D eigenvalue weighted by Crippen LogP contribution is 2.08. The Morgan fingerprint density at radius 3 is 2.83 bits per heavy atom. The zero-order chi connectivity index (χ0) is 8.97. The summed E-state index contributed by atoms with van der Waals surface area (Å²) in [6.45, 7) is 3.90. The molecule has 0 saturated heterocycles. The standard InChI is InChI=1S/C11H11F/c1-3-4-5-10-8-11(12)7-6-9(10)2/h6-8H,3H2,1-2H3. The molecule has 1 heteroatoms. The largest absolute Gasteiger partial charge is 0.207 e. The molecule has 0 radical (unpaired) electrons. The fraction of sp³-hybridized carbons (Fsp3) is 0.273. The van der Waals surface area contributed by atoms with E-state index in [0.29, 0.717) is 0 Å². The van der Waals surface area contributed by atoms with Crippen molar-refractivity contribution in [1.29, 1.82) is 0 Å². The van der Waals surface area contributed by atoms with Crippen molar-refractivity contribution >= 4 is 0 Å². The van der Waals surface area contributed by atoms with Crippen LogP contribution in [0.3, 0.4) is 0 Å². The molecule has 0 aromatic heterocycles. The van der Waals surface area contributed by atoms with E-state index < -0.39 is 0 Å².